The first-order chi connectivity index (χ1) is 6.56. The number of H-pyrrole nitrogens is 1. The highest BCUT2D eigenvalue weighted by molar-refractivity contribution is 5.31. The molecule has 6 heteroatoms. The Labute approximate surface area is 80.1 Å². The minimum atomic E-state index is -0.540. The van der Waals surface area contributed by atoms with Crippen LogP contribution in [0.3, 0.4) is 0 Å². The molecule has 14 heavy (non-hydrogen) atoms. The van der Waals surface area contributed by atoms with Gasteiger partial charge in [0, 0.05) is 17.7 Å². The van der Waals surface area contributed by atoms with Gasteiger partial charge in [0.25, 0.3) is 11.2 Å². The van der Waals surface area contributed by atoms with Crippen LogP contribution in [0.25, 0.3) is 0 Å². The van der Waals surface area contributed by atoms with Crippen molar-refractivity contribution in [2.24, 2.45) is 0 Å². The van der Waals surface area contributed by atoms with Crippen LogP contribution in [0.5, 0.6) is 0 Å². The Morgan fingerprint density at radius 2 is 2.29 bits per heavy atom. The van der Waals surface area contributed by atoms with Gasteiger partial charge in [0.05, 0.1) is 11.1 Å². The third-order valence-corrected chi connectivity index (χ3v) is 2.03. The first kappa shape index (κ1) is 10.4. The molecule has 1 rings (SSSR count). The monoisotopic (exact) mass is 197 g/mol. The molecule has 0 saturated heterocycles. The lowest BCUT2D eigenvalue weighted by molar-refractivity contribution is -0.385. The van der Waals surface area contributed by atoms with E-state index in [0.29, 0.717) is 5.56 Å². The first-order valence-electron chi connectivity index (χ1n) is 4.10. The molecule has 0 aliphatic heterocycles. The Balaban J connectivity index is 3.21. The molecule has 1 atom stereocenters. The van der Waals surface area contributed by atoms with Gasteiger partial charge < -0.3 is 10.3 Å². The second-order valence-electron chi connectivity index (χ2n) is 2.91. The molecule has 0 aliphatic carbocycles. The zero-order valence-corrected chi connectivity index (χ0v) is 7.90. The summed E-state index contributed by atoms with van der Waals surface area (Å²) in [4.78, 5) is 23.5. The molecule has 6 nitrogen and oxygen atoms in total. The van der Waals surface area contributed by atoms with E-state index in [2.05, 4.69) is 10.3 Å². The number of nitro groups is 1. The Hall–Kier alpha value is -1.69. The summed E-state index contributed by atoms with van der Waals surface area (Å²) in [7, 11) is 1.68. The predicted molar refractivity (Wildman–Crippen MR) is 51.2 cm³/mol. The summed E-state index contributed by atoms with van der Waals surface area (Å²) in [5, 5.41) is 13.3. The Kier molecular flexibility index (Phi) is 2.98. The number of aromatic amines is 1. The molecule has 0 bridgehead atoms. The van der Waals surface area contributed by atoms with Crippen molar-refractivity contribution in [3.63, 3.8) is 0 Å². The van der Waals surface area contributed by atoms with E-state index in [1.165, 1.54) is 6.07 Å². The van der Waals surface area contributed by atoms with Gasteiger partial charge in [-0.2, -0.15) is 0 Å². The van der Waals surface area contributed by atoms with Crippen molar-refractivity contribution in [3.05, 3.63) is 38.3 Å². The summed E-state index contributed by atoms with van der Waals surface area (Å²) in [5.74, 6) is 0. The van der Waals surface area contributed by atoms with E-state index in [0.717, 1.165) is 6.20 Å². The van der Waals surface area contributed by atoms with Gasteiger partial charge in [-0.15, -0.1) is 0 Å². The Morgan fingerprint density at radius 1 is 1.64 bits per heavy atom. The second-order valence-corrected chi connectivity index (χ2v) is 2.91. The van der Waals surface area contributed by atoms with Crippen LogP contribution >= 0.6 is 0 Å². The van der Waals surface area contributed by atoms with Crippen LogP contribution in [0.2, 0.25) is 0 Å². The highest BCUT2D eigenvalue weighted by Gasteiger charge is 2.13. The van der Waals surface area contributed by atoms with Crippen molar-refractivity contribution in [1.29, 1.82) is 0 Å². The highest BCUT2D eigenvalue weighted by atomic mass is 16.6. The molecule has 1 heterocycles. The maximum Gasteiger partial charge on any atom is 0.285 e. The number of nitrogens with zero attached hydrogens (tertiary/aromatic N) is 1. The van der Waals surface area contributed by atoms with Crippen LogP contribution in [-0.2, 0) is 0 Å². The summed E-state index contributed by atoms with van der Waals surface area (Å²) in [6.45, 7) is 1.76. The third-order valence-electron chi connectivity index (χ3n) is 2.03. The van der Waals surface area contributed by atoms with Gasteiger partial charge in [-0.25, -0.2) is 0 Å². The molecule has 0 aliphatic rings. The van der Waals surface area contributed by atoms with Gasteiger partial charge in [0.1, 0.15) is 0 Å². The van der Waals surface area contributed by atoms with Crippen molar-refractivity contribution in [2.45, 2.75) is 13.0 Å². The van der Waals surface area contributed by atoms with E-state index >= 15 is 0 Å². The fourth-order valence-corrected chi connectivity index (χ4v) is 1.07. The zero-order valence-electron chi connectivity index (χ0n) is 7.90. The summed E-state index contributed by atoms with van der Waals surface area (Å²) >= 11 is 0. The quantitative estimate of drug-likeness (QED) is 0.547. The molecular formula is C8H11N3O3. The second kappa shape index (κ2) is 4.01. The molecule has 2 N–H and O–H groups in total. The highest BCUT2D eigenvalue weighted by Crippen LogP contribution is 2.13. The minimum Gasteiger partial charge on any atom is -0.322 e. The van der Waals surface area contributed by atoms with Crippen LogP contribution < -0.4 is 10.9 Å². The Bertz CT molecular complexity index is 399. The van der Waals surface area contributed by atoms with E-state index in [1.807, 2.05) is 0 Å². The summed E-state index contributed by atoms with van der Waals surface area (Å²) in [5.41, 5.74) is -0.0548. The van der Waals surface area contributed by atoms with E-state index in [4.69, 9.17) is 0 Å². The minimum absolute atomic E-state index is 0.110. The van der Waals surface area contributed by atoms with Gasteiger partial charge in [-0.3, -0.25) is 14.9 Å². The molecule has 1 aromatic heterocycles. The fraction of sp³-hybridized carbons (Fsp3) is 0.375. The lowest BCUT2D eigenvalue weighted by Crippen LogP contribution is -2.22. The SMILES string of the molecule is CN[C@@H](C)c1cc([N+](=O)[O-])c[nH]c1=O. The molecule has 0 amide bonds. The maximum absolute atomic E-state index is 11.3. The molecule has 0 unspecified atom stereocenters. The van der Waals surface area contributed by atoms with E-state index < -0.39 is 4.92 Å². The molecule has 0 saturated carbocycles. The smallest absolute Gasteiger partial charge is 0.285 e. The van der Waals surface area contributed by atoms with Crippen LogP contribution in [0.4, 0.5) is 5.69 Å². The number of hydrogen-bond donors (Lipinski definition) is 2. The van der Waals surface area contributed by atoms with Gasteiger partial charge in [0.15, 0.2) is 0 Å². The number of aromatic nitrogens is 1. The Morgan fingerprint density at radius 3 is 2.79 bits per heavy atom. The van der Waals surface area contributed by atoms with Crippen molar-refractivity contribution in [3.8, 4) is 0 Å². The van der Waals surface area contributed by atoms with Gasteiger partial charge >= 0.3 is 0 Å². The summed E-state index contributed by atoms with van der Waals surface area (Å²) in [6, 6.07) is 1.07. The normalized spacial score (nSPS) is 12.4. The lowest BCUT2D eigenvalue weighted by atomic mass is 10.1. The predicted octanol–water partition coefficient (Wildman–Crippen LogP) is 0.563. The van der Waals surface area contributed by atoms with E-state index in [9.17, 15) is 14.9 Å². The van der Waals surface area contributed by atoms with Crippen LogP contribution in [0, 0.1) is 10.1 Å². The zero-order chi connectivity index (χ0) is 10.7. The molecule has 0 aromatic carbocycles. The van der Waals surface area contributed by atoms with Gasteiger partial charge in [-0.05, 0) is 14.0 Å². The summed E-state index contributed by atoms with van der Waals surface area (Å²) < 4.78 is 0. The van der Waals surface area contributed by atoms with Gasteiger partial charge in [0.2, 0.25) is 0 Å². The van der Waals surface area contributed by atoms with Crippen LogP contribution in [-0.4, -0.2) is 17.0 Å². The molecule has 0 fully saturated rings. The van der Waals surface area contributed by atoms with Crippen molar-refractivity contribution < 1.29 is 4.92 Å². The maximum atomic E-state index is 11.3. The first-order valence-corrected chi connectivity index (χ1v) is 4.10. The molecule has 76 valence electrons. The van der Waals surface area contributed by atoms with Crippen molar-refractivity contribution in [2.75, 3.05) is 7.05 Å². The van der Waals surface area contributed by atoms with Crippen molar-refractivity contribution >= 4 is 5.69 Å². The molecule has 0 spiro atoms. The fourth-order valence-electron chi connectivity index (χ4n) is 1.07. The third kappa shape index (κ3) is 1.97. The topological polar surface area (TPSA) is 88.0 Å². The molecular weight excluding hydrogens is 186 g/mol. The summed E-state index contributed by atoms with van der Waals surface area (Å²) in [6.07, 6.45) is 1.09. The standard InChI is InChI=1S/C8H11N3O3/c1-5(9-2)7-3-6(11(13)14)4-10-8(7)12/h3-5,9H,1-2H3,(H,10,12)/t5-/m0/s1. The lowest BCUT2D eigenvalue weighted by Gasteiger charge is -2.08. The van der Waals surface area contributed by atoms with E-state index in [1.54, 1.807) is 14.0 Å². The molecule has 1 aromatic rings. The largest absolute Gasteiger partial charge is 0.322 e. The number of pyridine rings is 1. The number of hydrogen-bond acceptors (Lipinski definition) is 4. The van der Waals surface area contributed by atoms with E-state index in [-0.39, 0.29) is 17.3 Å². The number of rotatable bonds is 3. The van der Waals surface area contributed by atoms with Crippen LogP contribution in [0.1, 0.15) is 18.5 Å². The number of nitrogens with one attached hydrogen (secondary N) is 2. The van der Waals surface area contributed by atoms with Crippen LogP contribution in [0.15, 0.2) is 17.1 Å². The molecule has 0 radical (unpaired) electrons. The van der Waals surface area contributed by atoms with Crippen molar-refractivity contribution in [1.82, 2.24) is 10.3 Å². The average molecular weight is 197 g/mol. The average Bonchev–Trinajstić information content (AvgIpc) is 2.17. The van der Waals surface area contributed by atoms with Gasteiger partial charge in [-0.1, -0.05) is 0 Å².